The first-order chi connectivity index (χ1) is 18.8. The van der Waals surface area contributed by atoms with E-state index >= 15 is 0 Å². The highest BCUT2D eigenvalue weighted by molar-refractivity contribution is 7.92. The molecule has 40 heavy (non-hydrogen) atoms. The molecule has 0 fully saturated rings. The number of carbonyl (C=O) groups is 2. The molecule has 2 amide bonds. The smallest absolute Gasteiger partial charge is 0.264 e. The van der Waals surface area contributed by atoms with Crippen LogP contribution < -0.4 is 9.62 Å². The minimum Gasteiger partial charge on any atom is -0.354 e. The fourth-order valence-electron chi connectivity index (χ4n) is 3.83. The molecule has 0 saturated carbocycles. The summed E-state index contributed by atoms with van der Waals surface area (Å²) in [7, 11) is -4.24. The van der Waals surface area contributed by atoms with Crippen molar-refractivity contribution in [2.45, 2.75) is 45.2 Å². The van der Waals surface area contributed by atoms with Gasteiger partial charge in [-0.25, -0.2) is 12.8 Å². The van der Waals surface area contributed by atoms with Crippen molar-refractivity contribution in [2.24, 2.45) is 5.92 Å². The highest BCUT2D eigenvalue weighted by Gasteiger charge is 2.32. The van der Waals surface area contributed by atoms with Crippen LogP contribution in [0.15, 0.2) is 71.6 Å². The Morgan fingerprint density at radius 2 is 1.55 bits per heavy atom. The number of anilines is 1. The highest BCUT2D eigenvalue weighted by atomic mass is 35.5. The Kier molecular flexibility index (Phi) is 10.6. The van der Waals surface area contributed by atoms with Crippen molar-refractivity contribution in [2.75, 3.05) is 17.4 Å². The van der Waals surface area contributed by atoms with Gasteiger partial charge in [-0.2, -0.15) is 0 Å². The van der Waals surface area contributed by atoms with E-state index in [1.807, 2.05) is 20.8 Å². The monoisotopic (exact) mass is 607 g/mol. The van der Waals surface area contributed by atoms with E-state index in [-0.39, 0.29) is 33.1 Å². The first-order valence-corrected chi connectivity index (χ1v) is 14.8. The second-order valence-electron chi connectivity index (χ2n) is 9.89. The fraction of sp³-hybridized carbons (Fsp3) is 0.310. The molecule has 0 aliphatic rings. The zero-order chi connectivity index (χ0) is 29.6. The van der Waals surface area contributed by atoms with Crippen LogP contribution in [0.1, 0.15) is 31.9 Å². The summed E-state index contributed by atoms with van der Waals surface area (Å²) in [4.78, 5) is 28.1. The molecule has 0 saturated heterocycles. The zero-order valence-electron chi connectivity index (χ0n) is 22.7. The summed E-state index contributed by atoms with van der Waals surface area (Å²) in [6.07, 6.45) is 0. The number of benzene rings is 3. The zero-order valence-corrected chi connectivity index (χ0v) is 25.0. The van der Waals surface area contributed by atoms with Gasteiger partial charge >= 0.3 is 0 Å². The van der Waals surface area contributed by atoms with Gasteiger partial charge in [-0.15, -0.1) is 0 Å². The molecule has 3 rings (SSSR count). The van der Waals surface area contributed by atoms with Crippen LogP contribution in [0.5, 0.6) is 0 Å². The Labute approximate surface area is 244 Å². The maximum atomic E-state index is 13.9. The van der Waals surface area contributed by atoms with E-state index in [1.54, 1.807) is 19.1 Å². The fourth-order valence-corrected chi connectivity index (χ4v) is 5.53. The normalized spacial score (nSPS) is 12.2. The summed E-state index contributed by atoms with van der Waals surface area (Å²) >= 11 is 12.3. The van der Waals surface area contributed by atoms with E-state index in [4.69, 9.17) is 23.2 Å². The SMILES string of the molecule is Cc1ccc(S(=O)(=O)N(CC(=O)N(Cc2ccc(F)cc2)[C@@H](C)C(=O)NCC(C)C)c2ccc(Cl)c(Cl)c2)cc1. The molecule has 3 aromatic carbocycles. The van der Waals surface area contributed by atoms with Gasteiger partial charge in [-0.05, 0) is 67.8 Å². The Bertz CT molecular complexity index is 1450. The molecule has 0 radical (unpaired) electrons. The summed E-state index contributed by atoms with van der Waals surface area (Å²) in [5, 5.41) is 3.15. The number of sulfonamides is 1. The first kappa shape index (κ1) is 31.4. The van der Waals surface area contributed by atoms with Gasteiger partial charge in [-0.3, -0.25) is 13.9 Å². The van der Waals surface area contributed by atoms with Gasteiger partial charge in [0, 0.05) is 13.1 Å². The van der Waals surface area contributed by atoms with Gasteiger partial charge < -0.3 is 10.2 Å². The van der Waals surface area contributed by atoms with Crippen LogP contribution in [0.25, 0.3) is 0 Å². The van der Waals surface area contributed by atoms with E-state index in [0.717, 1.165) is 9.87 Å². The van der Waals surface area contributed by atoms with Crippen molar-refractivity contribution in [1.29, 1.82) is 0 Å². The summed E-state index contributed by atoms with van der Waals surface area (Å²) in [6.45, 7) is 7.00. The number of carbonyl (C=O) groups excluding carboxylic acids is 2. The number of aryl methyl sites for hydroxylation is 1. The lowest BCUT2D eigenvalue weighted by Crippen LogP contribution is -2.51. The molecular formula is C29H32Cl2FN3O4S. The van der Waals surface area contributed by atoms with Crippen LogP contribution in [0.2, 0.25) is 10.0 Å². The van der Waals surface area contributed by atoms with Crippen LogP contribution in [-0.2, 0) is 26.2 Å². The van der Waals surface area contributed by atoms with Gasteiger partial charge in [0.05, 0.1) is 20.6 Å². The molecule has 0 spiro atoms. The predicted octanol–water partition coefficient (Wildman–Crippen LogP) is 5.83. The van der Waals surface area contributed by atoms with Gasteiger partial charge in [0.1, 0.15) is 18.4 Å². The van der Waals surface area contributed by atoms with Crippen molar-refractivity contribution < 1.29 is 22.4 Å². The van der Waals surface area contributed by atoms with Gasteiger partial charge in [0.15, 0.2) is 0 Å². The number of rotatable bonds is 11. The number of hydrogen-bond acceptors (Lipinski definition) is 4. The Hall–Kier alpha value is -3.14. The maximum absolute atomic E-state index is 13.9. The highest BCUT2D eigenvalue weighted by Crippen LogP contribution is 2.31. The van der Waals surface area contributed by atoms with Crippen molar-refractivity contribution in [3.63, 3.8) is 0 Å². The van der Waals surface area contributed by atoms with Crippen LogP contribution in [0.4, 0.5) is 10.1 Å². The largest absolute Gasteiger partial charge is 0.354 e. The summed E-state index contributed by atoms with van der Waals surface area (Å²) in [5.74, 6) is -1.30. The lowest BCUT2D eigenvalue weighted by molar-refractivity contribution is -0.139. The van der Waals surface area contributed by atoms with Gasteiger partial charge in [0.25, 0.3) is 10.0 Å². The number of nitrogens with zero attached hydrogens (tertiary/aromatic N) is 2. The van der Waals surface area contributed by atoms with E-state index in [1.165, 1.54) is 59.5 Å². The molecule has 11 heteroatoms. The second kappa shape index (κ2) is 13.5. The predicted molar refractivity (Wildman–Crippen MR) is 156 cm³/mol. The van der Waals surface area contributed by atoms with Crippen LogP contribution in [0.3, 0.4) is 0 Å². The Morgan fingerprint density at radius 1 is 0.925 bits per heavy atom. The van der Waals surface area contributed by atoms with E-state index in [9.17, 15) is 22.4 Å². The third-order valence-corrected chi connectivity index (χ3v) is 8.72. The molecule has 3 aromatic rings. The lowest BCUT2D eigenvalue weighted by Gasteiger charge is -2.32. The van der Waals surface area contributed by atoms with E-state index < -0.39 is 40.2 Å². The molecular weight excluding hydrogens is 576 g/mol. The molecule has 0 aliphatic heterocycles. The summed E-state index contributed by atoms with van der Waals surface area (Å²) < 4.78 is 42.2. The number of amides is 2. The molecule has 0 aromatic heterocycles. The molecule has 214 valence electrons. The average Bonchev–Trinajstić information content (AvgIpc) is 2.91. The van der Waals surface area contributed by atoms with Crippen LogP contribution >= 0.6 is 23.2 Å². The number of halogens is 3. The third kappa shape index (κ3) is 7.96. The quantitative estimate of drug-likeness (QED) is 0.297. The standard InChI is InChI=1S/C29H32Cl2FN3O4S/c1-19(2)16-33-29(37)21(4)34(17-22-7-9-23(32)10-8-22)28(36)18-35(24-11-14-26(30)27(31)15-24)40(38,39)25-12-5-20(3)6-13-25/h5-15,19,21H,16-18H2,1-4H3,(H,33,37)/t21-/m0/s1. The topological polar surface area (TPSA) is 86.8 Å². The van der Waals surface area contributed by atoms with Crippen molar-refractivity contribution in [3.8, 4) is 0 Å². The van der Waals surface area contributed by atoms with Crippen LogP contribution in [0, 0.1) is 18.7 Å². The average molecular weight is 609 g/mol. The molecule has 1 atom stereocenters. The van der Waals surface area contributed by atoms with Crippen molar-refractivity contribution in [3.05, 3.63) is 93.7 Å². The van der Waals surface area contributed by atoms with Crippen molar-refractivity contribution in [1.82, 2.24) is 10.2 Å². The van der Waals surface area contributed by atoms with Gasteiger partial charge in [-0.1, -0.05) is 66.9 Å². The minimum atomic E-state index is -4.24. The van der Waals surface area contributed by atoms with Gasteiger partial charge in [0.2, 0.25) is 11.8 Å². The third-order valence-electron chi connectivity index (χ3n) is 6.20. The lowest BCUT2D eigenvalue weighted by atomic mass is 10.1. The van der Waals surface area contributed by atoms with E-state index in [0.29, 0.717) is 12.1 Å². The number of nitrogens with one attached hydrogen (secondary N) is 1. The molecule has 7 nitrogen and oxygen atoms in total. The molecule has 0 aliphatic carbocycles. The van der Waals surface area contributed by atoms with Crippen LogP contribution in [-0.4, -0.2) is 44.3 Å². The number of hydrogen-bond donors (Lipinski definition) is 1. The van der Waals surface area contributed by atoms with Crippen molar-refractivity contribution >= 4 is 50.7 Å². The summed E-state index contributed by atoms with van der Waals surface area (Å²) in [5.41, 5.74) is 1.56. The Morgan fingerprint density at radius 3 is 2.12 bits per heavy atom. The minimum absolute atomic E-state index is 0.0234. The molecule has 0 heterocycles. The first-order valence-electron chi connectivity index (χ1n) is 12.7. The molecule has 0 bridgehead atoms. The summed E-state index contributed by atoms with van der Waals surface area (Å²) in [6, 6.07) is 15.1. The Balaban J connectivity index is 2.03. The molecule has 0 unspecified atom stereocenters. The second-order valence-corrected chi connectivity index (χ2v) is 12.6. The molecule has 1 N–H and O–H groups in total. The van der Waals surface area contributed by atoms with E-state index in [2.05, 4.69) is 5.32 Å². The maximum Gasteiger partial charge on any atom is 0.264 e.